The lowest BCUT2D eigenvalue weighted by molar-refractivity contribution is 0.282. The predicted molar refractivity (Wildman–Crippen MR) is 69.2 cm³/mol. The summed E-state index contributed by atoms with van der Waals surface area (Å²) in [6, 6.07) is 7.51. The summed E-state index contributed by atoms with van der Waals surface area (Å²) in [6.07, 6.45) is 2.20. The summed E-state index contributed by atoms with van der Waals surface area (Å²) in [6.45, 7) is 2.97. The molecule has 1 unspecified atom stereocenters. The molecule has 0 aliphatic carbocycles. The summed E-state index contributed by atoms with van der Waals surface area (Å²) in [5, 5.41) is 0.718. The topological polar surface area (TPSA) is 9.23 Å². The Bertz CT molecular complexity index is 291. The molecule has 1 nitrogen and oxygen atoms in total. The first-order valence-electron chi connectivity index (χ1n) is 5.21. The van der Waals surface area contributed by atoms with E-state index >= 15 is 0 Å². The van der Waals surface area contributed by atoms with Gasteiger partial charge in [-0.2, -0.15) is 12.6 Å². The molecule has 0 radical (unpaired) electrons. The van der Waals surface area contributed by atoms with Crippen molar-refractivity contribution in [1.82, 2.24) is 0 Å². The third kappa shape index (κ3) is 5.33. The molecule has 0 saturated heterocycles. The SMILES string of the molecule is CC(CCS)CCOc1cccc(Cl)c1. The van der Waals surface area contributed by atoms with Crippen LogP contribution in [0.25, 0.3) is 0 Å². The van der Waals surface area contributed by atoms with Crippen molar-refractivity contribution in [3.8, 4) is 5.75 Å². The molecule has 0 aromatic heterocycles. The number of thiol groups is 1. The monoisotopic (exact) mass is 244 g/mol. The number of benzene rings is 1. The highest BCUT2D eigenvalue weighted by molar-refractivity contribution is 7.80. The average molecular weight is 245 g/mol. The van der Waals surface area contributed by atoms with Gasteiger partial charge in [-0.1, -0.05) is 24.6 Å². The Morgan fingerprint density at radius 1 is 1.40 bits per heavy atom. The van der Waals surface area contributed by atoms with Gasteiger partial charge in [0.2, 0.25) is 0 Å². The van der Waals surface area contributed by atoms with E-state index < -0.39 is 0 Å². The summed E-state index contributed by atoms with van der Waals surface area (Å²) in [5.74, 6) is 2.46. The molecule has 1 aromatic carbocycles. The number of halogens is 1. The second kappa shape index (κ2) is 7.02. The van der Waals surface area contributed by atoms with Crippen LogP contribution >= 0.6 is 24.2 Å². The van der Waals surface area contributed by atoms with Crippen LogP contribution in [0.3, 0.4) is 0 Å². The van der Waals surface area contributed by atoms with Crippen molar-refractivity contribution in [3.05, 3.63) is 29.3 Å². The van der Waals surface area contributed by atoms with E-state index in [1.807, 2.05) is 24.3 Å². The molecule has 1 atom stereocenters. The van der Waals surface area contributed by atoms with Crippen molar-refractivity contribution < 1.29 is 4.74 Å². The Kier molecular flexibility index (Phi) is 5.96. The lowest BCUT2D eigenvalue weighted by Gasteiger charge is -2.10. The minimum atomic E-state index is 0.668. The van der Waals surface area contributed by atoms with Gasteiger partial charge in [-0.15, -0.1) is 0 Å². The minimum absolute atomic E-state index is 0.668. The van der Waals surface area contributed by atoms with E-state index in [1.54, 1.807) is 0 Å². The number of hydrogen-bond acceptors (Lipinski definition) is 2. The van der Waals surface area contributed by atoms with E-state index in [0.29, 0.717) is 5.92 Å². The van der Waals surface area contributed by atoms with Gasteiger partial charge in [0.05, 0.1) is 6.61 Å². The first-order chi connectivity index (χ1) is 7.22. The zero-order chi connectivity index (χ0) is 11.1. The number of hydrogen-bond donors (Lipinski definition) is 1. The van der Waals surface area contributed by atoms with Crippen LogP contribution in [-0.2, 0) is 0 Å². The highest BCUT2D eigenvalue weighted by atomic mass is 35.5. The Morgan fingerprint density at radius 3 is 2.87 bits per heavy atom. The highest BCUT2D eigenvalue weighted by Gasteiger charge is 2.01. The smallest absolute Gasteiger partial charge is 0.120 e. The van der Waals surface area contributed by atoms with Crippen molar-refractivity contribution in [3.63, 3.8) is 0 Å². The van der Waals surface area contributed by atoms with Gasteiger partial charge in [-0.3, -0.25) is 0 Å². The van der Waals surface area contributed by atoms with Gasteiger partial charge in [0.1, 0.15) is 5.75 Å². The number of rotatable bonds is 6. The molecule has 0 fully saturated rings. The first-order valence-corrected chi connectivity index (χ1v) is 6.22. The summed E-state index contributed by atoms with van der Waals surface area (Å²) in [5.41, 5.74) is 0. The molecule has 0 saturated carbocycles. The quantitative estimate of drug-likeness (QED) is 0.743. The fourth-order valence-electron chi connectivity index (χ4n) is 1.30. The van der Waals surface area contributed by atoms with Gasteiger partial charge in [0, 0.05) is 5.02 Å². The molecule has 0 N–H and O–H groups in total. The van der Waals surface area contributed by atoms with E-state index in [2.05, 4.69) is 19.6 Å². The molecule has 0 aliphatic heterocycles. The second-order valence-electron chi connectivity index (χ2n) is 3.71. The van der Waals surface area contributed by atoms with E-state index in [4.69, 9.17) is 16.3 Å². The van der Waals surface area contributed by atoms with Crippen molar-refractivity contribution in [2.45, 2.75) is 19.8 Å². The molecule has 1 aromatic rings. The van der Waals surface area contributed by atoms with E-state index in [0.717, 1.165) is 36.0 Å². The van der Waals surface area contributed by atoms with Crippen LogP contribution in [0.15, 0.2) is 24.3 Å². The Labute approximate surface area is 102 Å². The zero-order valence-electron chi connectivity index (χ0n) is 8.95. The molecule has 84 valence electrons. The standard InChI is InChI=1S/C12H17ClOS/c1-10(6-8-15)5-7-14-12-4-2-3-11(13)9-12/h2-4,9-10,15H,5-8H2,1H3. The summed E-state index contributed by atoms with van der Waals surface area (Å²) < 4.78 is 5.59. The predicted octanol–water partition coefficient (Wildman–Crippen LogP) is 4.06. The summed E-state index contributed by atoms with van der Waals surface area (Å²) in [4.78, 5) is 0. The van der Waals surface area contributed by atoms with Crippen molar-refractivity contribution in [2.24, 2.45) is 5.92 Å². The maximum Gasteiger partial charge on any atom is 0.120 e. The molecule has 15 heavy (non-hydrogen) atoms. The molecular weight excluding hydrogens is 228 g/mol. The van der Waals surface area contributed by atoms with E-state index in [9.17, 15) is 0 Å². The highest BCUT2D eigenvalue weighted by Crippen LogP contribution is 2.18. The molecule has 0 spiro atoms. The first kappa shape index (κ1) is 12.7. The third-order valence-electron chi connectivity index (χ3n) is 2.30. The van der Waals surface area contributed by atoms with Crippen LogP contribution < -0.4 is 4.74 Å². The second-order valence-corrected chi connectivity index (χ2v) is 4.60. The van der Waals surface area contributed by atoms with Gasteiger partial charge in [0.25, 0.3) is 0 Å². The average Bonchev–Trinajstić information content (AvgIpc) is 2.18. The molecule has 0 bridgehead atoms. The normalized spacial score (nSPS) is 12.5. The van der Waals surface area contributed by atoms with Gasteiger partial charge < -0.3 is 4.74 Å². The van der Waals surface area contributed by atoms with Crippen LogP contribution in [0.1, 0.15) is 19.8 Å². The molecule has 1 rings (SSSR count). The number of ether oxygens (including phenoxy) is 1. The maximum atomic E-state index is 5.85. The summed E-state index contributed by atoms with van der Waals surface area (Å²) in [7, 11) is 0. The third-order valence-corrected chi connectivity index (χ3v) is 2.79. The van der Waals surface area contributed by atoms with E-state index in [-0.39, 0.29) is 0 Å². The van der Waals surface area contributed by atoms with Gasteiger partial charge in [-0.25, -0.2) is 0 Å². The molecule has 0 heterocycles. The van der Waals surface area contributed by atoms with Crippen molar-refractivity contribution in [1.29, 1.82) is 0 Å². The fourth-order valence-corrected chi connectivity index (χ4v) is 1.92. The van der Waals surface area contributed by atoms with Crippen LogP contribution in [0, 0.1) is 5.92 Å². The van der Waals surface area contributed by atoms with Gasteiger partial charge >= 0.3 is 0 Å². The Balaban J connectivity index is 2.25. The molecule has 3 heteroatoms. The van der Waals surface area contributed by atoms with Crippen molar-refractivity contribution >= 4 is 24.2 Å². The lowest BCUT2D eigenvalue weighted by atomic mass is 10.1. The minimum Gasteiger partial charge on any atom is -0.494 e. The van der Waals surface area contributed by atoms with Crippen LogP contribution in [0.5, 0.6) is 5.75 Å². The van der Waals surface area contributed by atoms with Crippen LogP contribution in [0.2, 0.25) is 5.02 Å². The molecule has 0 aliphatic rings. The Hall–Kier alpha value is -0.340. The fraction of sp³-hybridized carbons (Fsp3) is 0.500. The van der Waals surface area contributed by atoms with E-state index in [1.165, 1.54) is 0 Å². The largest absolute Gasteiger partial charge is 0.494 e. The van der Waals surface area contributed by atoms with Crippen LogP contribution in [-0.4, -0.2) is 12.4 Å². The zero-order valence-corrected chi connectivity index (χ0v) is 10.6. The lowest BCUT2D eigenvalue weighted by Crippen LogP contribution is -2.04. The molecule has 0 amide bonds. The van der Waals surface area contributed by atoms with Gasteiger partial charge in [-0.05, 0) is 42.7 Å². The van der Waals surface area contributed by atoms with Gasteiger partial charge in [0.15, 0.2) is 0 Å². The maximum absolute atomic E-state index is 5.85. The molecular formula is C12H17ClOS. The van der Waals surface area contributed by atoms with Crippen LogP contribution in [0.4, 0.5) is 0 Å². The summed E-state index contributed by atoms with van der Waals surface area (Å²) >= 11 is 10.1. The van der Waals surface area contributed by atoms with Crippen molar-refractivity contribution in [2.75, 3.05) is 12.4 Å². The Morgan fingerprint density at radius 2 is 2.20 bits per heavy atom.